The Morgan fingerprint density at radius 2 is 1.85 bits per heavy atom. The largest absolute Gasteiger partial charge is 0.355 e. The van der Waals surface area contributed by atoms with Crippen LogP contribution in [0.15, 0.2) is 90.3 Å². The Kier molecular flexibility index (Phi) is 4.48. The van der Waals surface area contributed by atoms with E-state index in [0.717, 1.165) is 28.3 Å². The zero-order valence-electron chi connectivity index (χ0n) is 14.6. The summed E-state index contributed by atoms with van der Waals surface area (Å²) in [7, 11) is 0. The summed E-state index contributed by atoms with van der Waals surface area (Å²) < 4.78 is 0. The van der Waals surface area contributed by atoms with E-state index in [1.807, 2.05) is 24.4 Å². The van der Waals surface area contributed by atoms with Crippen molar-refractivity contribution < 1.29 is 0 Å². The molecule has 1 N–H and O–H groups in total. The second kappa shape index (κ2) is 7.23. The molecule has 0 saturated carbocycles. The molecule has 0 spiro atoms. The smallest absolute Gasteiger partial charge is 0.115 e. The second-order valence-corrected chi connectivity index (χ2v) is 6.25. The first-order valence-electron chi connectivity index (χ1n) is 8.61. The number of hydrogen-bond acceptors (Lipinski definition) is 4. The summed E-state index contributed by atoms with van der Waals surface area (Å²) in [4.78, 5) is 11.0. The zero-order valence-corrected chi connectivity index (χ0v) is 14.6. The van der Waals surface area contributed by atoms with Crippen LogP contribution < -0.4 is 10.2 Å². The van der Waals surface area contributed by atoms with Crippen LogP contribution in [0.5, 0.6) is 0 Å². The standard InChI is InChI=1S/C22H20N4/c1-17-7-9-19(10-8-17)25-20-5-2-6-21(14-20)26-13-11-22(24-16-26)18-4-3-12-23-15-18/h2-15,25H,16H2,1H3. The maximum atomic E-state index is 4.68. The predicted octanol–water partition coefficient (Wildman–Crippen LogP) is 4.91. The summed E-state index contributed by atoms with van der Waals surface area (Å²) in [6.07, 6.45) is 7.71. The highest BCUT2D eigenvalue weighted by Gasteiger charge is 2.10. The molecule has 26 heavy (non-hydrogen) atoms. The first-order valence-corrected chi connectivity index (χ1v) is 8.61. The summed E-state index contributed by atoms with van der Waals surface area (Å²) in [6, 6.07) is 20.7. The molecule has 0 fully saturated rings. The Hall–Kier alpha value is -3.40. The lowest BCUT2D eigenvalue weighted by atomic mass is 10.1. The van der Waals surface area contributed by atoms with E-state index >= 15 is 0 Å². The second-order valence-electron chi connectivity index (χ2n) is 6.25. The summed E-state index contributed by atoms with van der Waals surface area (Å²) in [6.45, 7) is 2.68. The van der Waals surface area contributed by atoms with E-state index in [9.17, 15) is 0 Å². The molecule has 0 bridgehead atoms. The van der Waals surface area contributed by atoms with E-state index in [-0.39, 0.29) is 0 Å². The molecule has 0 saturated heterocycles. The molecule has 0 unspecified atom stereocenters. The van der Waals surface area contributed by atoms with Gasteiger partial charge < -0.3 is 10.2 Å². The van der Waals surface area contributed by atoms with Gasteiger partial charge in [0.1, 0.15) is 6.67 Å². The van der Waals surface area contributed by atoms with E-state index in [0.29, 0.717) is 6.67 Å². The van der Waals surface area contributed by atoms with Crippen molar-refractivity contribution in [1.29, 1.82) is 0 Å². The average Bonchev–Trinajstić information content (AvgIpc) is 2.71. The van der Waals surface area contributed by atoms with Gasteiger partial charge in [-0.15, -0.1) is 0 Å². The van der Waals surface area contributed by atoms with Gasteiger partial charge in [-0.2, -0.15) is 0 Å². The number of allylic oxidation sites excluding steroid dienone is 1. The third kappa shape index (κ3) is 3.64. The number of aromatic nitrogens is 1. The van der Waals surface area contributed by atoms with Crippen LogP contribution in [0.2, 0.25) is 0 Å². The lowest BCUT2D eigenvalue weighted by molar-refractivity contribution is 0.963. The number of benzene rings is 2. The van der Waals surface area contributed by atoms with Crippen LogP contribution in [0, 0.1) is 6.92 Å². The third-order valence-electron chi connectivity index (χ3n) is 4.28. The minimum absolute atomic E-state index is 0.592. The molecule has 0 atom stereocenters. The normalized spacial score (nSPS) is 13.4. The van der Waals surface area contributed by atoms with Crippen LogP contribution in [-0.2, 0) is 0 Å². The number of aliphatic imine (C=N–C) groups is 1. The van der Waals surface area contributed by atoms with Crippen LogP contribution in [0.4, 0.5) is 17.1 Å². The number of hydrogen-bond donors (Lipinski definition) is 1. The molecule has 4 heteroatoms. The van der Waals surface area contributed by atoms with E-state index in [1.165, 1.54) is 5.56 Å². The van der Waals surface area contributed by atoms with Gasteiger partial charge in [0.15, 0.2) is 0 Å². The van der Waals surface area contributed by atoms with Gasteiger partial charge in [-0.25, -0.2) is 0 Å². The fourth-order valence-electron chi connectivity index (χ4n) is 2.85. The highest BCUT2D eigenvalue weighted by Crippen LogP contribution is 2.24. The number of aryl methyl sites for hydroxylation is 1. The minimum Gasteiger partial charge on any atom is -0.355 e. The van der Waals surface area contributed by atoms with Crippen molar-refractivity contribution in [2.75, 3.05) is 16.9 Å². The van der Waals surface area contributed by atoms with Crippen molar-refractivity contribution >= 4 is 22.8 Å². The van der Waals surface area contributed by atoms with Crippen LogP contribution in [0.1, 0.15) is 11.1 Å². The summed E-state index contributed by atoms with van der Waals surface area (Å²) in [5, 5.41) is 3.45. The Bertz CT molecular complexity index is 943. The molecule has 1 aromatic heterocycles. The highest BCUT2D eigenvalue weighted by molar-refractivity contribution is 6.09. The molecule has 3 aromatic rings. The van der Waals surface area contributed by atoms with Crippen LogP contribution >= 0.6 is 0 Å². The number of nitrogens with zero attached hydrogens (tertiary/aromatic N) is 3. The van der Waals surface area contributed by atoms with E-state index in [2.05, 4.69) is 81.8 Å². The molecule has 0 aliphatic carbocycles. The summed E-state index contributed by atoms with van der Waals surface area (Å²) in [5.74, 6) is 0. The van der Waals surface area contributed by atoms with Crippen LogP contribution in [0.3, 0.4) is 0 Å². The zero-order chi connectivity index (χ0) is 17.8. The fraction of sp³-hybridized carbons (Fsp3) is 0.0909. The van der Waals surface area contributed by atoms with Crippen molar-refractivity contribution in [1.82, 2.24) is 4.98 Å². The predicted molar refractivity (Wildman–Crippen MR) is 108 cm³/mol. The number of pyridine rings is 1. The fourth-order valence-corrected chi connectivity index (χ4v) is 2.85. The van der Waals surface area contributed by atoms with Gasteiger partial charge in [0.05, 0.1) is 5.71 Å². The molecular weight excluding hydrogens is 320 g/mol. The Balaban J connectivity index is 1.48. The molecule has 1 aliphatic heterocycles. The molecule has 128 valence electrons. The average molecular weight is 340 g/mol. The summed E-state index contributed by atoms with van der Waals surface area (Å²) >= 11 is 0. The minimum atomic E-state index is 0.592. The molecule has 2 aromatic carbocycles. The summed E-state index contributed by atoms with van der Waals surface area (Å²) in [5.41, 5.74) is 6.50. The molecule has 0 radical (unpaired) electrons. The van der Waals surface area contributed by atoms with Gasteiger partial charge in [0, 0.05) is 41.2 Å². The topological polar surface area (TPSA) is 40.5 Å². The Morgan fingerprint density at radius 1 is 0.962 bits per heavy atom. The number of rotatable bonds is 4. The van der Waals surface area contributed by atoms with Crippen molar-refractivity contribution in [3.05, 3.63) is 96.5 Å². The third-order valence-corrected chi connectivity index (χ3v) is 4.28. The molecule has 4 nitrogen and oxygen atoms in total. The maximum absolute atomic E-state index is 4.68. The van der Waals surface area contributed by atoms with Crippen LogP contribution in [0.25, 0.3) is 0 Å². The van der Waals surface area contributed by atoms with Gasteiger partial charge in [-0.3, -0.25) is 9.98 Å². The monoisotopic (exact) mass is 340 g/mol. The SMILES string of the molecule is Cc1ccc(Nc2cccc(N3C=CC(c4cccnc4)=NC3)c2)cc1. The van der Waals surface area contributed by atoms with E-state index in [1.54, 1.807) is 6.20 Å². The quantitative estimate of drug-likeness (QED) is 0.733. The van der Waals surface area contributed by atoms with E-state index < -0.39 is 0 Å². The molecule has 4 rings (SSSR count). The first-order chi connectivity index (χ1) is 12.8. The van der Waals surface area contributed by atoms with Crippen molar-refractivity contribution in [2.24, 2.45) is 4.99 Å². The van der Waals surface area contributed by atoms with Crippen molar-refractivity contribution in [3.8, 4) is 0 Å². The first kappa shape index (κ1) is 16.1. The van der Waals surface area contributed by atoms with Gasteiger partial charge in [-0.1, -0.05) is 23.8 Å². The van der Waals surface area contributed by atoms with Gasteiger partial charge in [0.2, 0.25) is 0 Å². The van der Waals surface area contributed by atoms with Crippen LogP contribution in [-0.4, -0.2) is 17.4 Å². The lowest BCUT2D eigenvalue weighted by Crippen LogP contribution is -2.21. The van der Waals surface area contributed by atoms with Gasteiger partial charge in [0.25, 0.3) is 0 Å². The molecular formula is C22H20N4. The van der Waals surface area contributed by atoms with Crippen molar-refractivity contribution in [2.45, 2.75) is 6.92 Å². The highest BCUT2D eigenvalue weighted by atomic mass is 15.2. The molecule has 1 aliphatic rings. The van der Waals surface area contributed by atoms with Gasteiger partial charge in [-0.05, 0) is 55.5 Å². The van der Waals surface area contributed by atoms with Crippen molar-refractivity contribution in [3.63, 3.8) is 0 Å². The number of nitrogens with one attached hydrogen (secondary N) is 1. The van der Waals surface area contributed by atoms with E-state index in [4.69, 9.17) is 0 Å². The molecule has 0 amide bonds. The Labute approximate surface area is 153 Å². The Morgan fingerprint density at radius 3 is 2.58 bits per heavy atom. The number of anilines is 3. The molecule has 2 heterocycles. The maximum Gasteiger partial charge on any atom is 0.115 e. The van der Waals surface area contributed by atoms with Gasteiger partial charge >= 0.3 is 0 Å². The lowest BCUT2D eigenvalue weighted by Gasteiger charge is -2.23.